The lowest BCUT2D eigenvalue weighted by Crippen LogP contribution is -2.25. The molecule has 0 spiro atoms. The maximum atomic E-state index is 8.99. The number of hydrogen-bond acceptors (Lipinski definition) is 6. The molecule has 2 N–H and O–H groups in total. The summed E-state index contributed by atoms with van der Waals surface area (Å²) in [4.78, 5) is 2.69. The van der Waals surface area contributed by atoms with Crippen LogP contribution in [-0.4, -0.2) is 33.4 Å². The number of nitrogen functional groups attached to an aromatic ring is 1. The molecule has 92 valence electrons. The lowest BCUT2D eigenvalue weighted by atomic mass is 10.3. The molecule has 2 heterocycles. The van der Waals surface area contributed by atoms with Crippen molar-refractivity contribution < 1.29 is 9.47 Å². The zero-order chi connectivity index (χ0) is 12.3. The average molecular weight is 253 g/mol. The quantitative estimate of drug-likeness (QED) is 0.863. The third-order valence-electron chi connectivity index (χ3n) is 2.70. The predicted octanol–water partition coefficient (Wildman–Crippen LogP) is 1.44. The van der Waals surface area contributed by atoms with E-state index in [-0.39, 0.29) is 0 Å². The van der Waals surface area contributed by atoms with E-state index in [9.17, 15) is 0 Å². The molecule has 1 aliphatic heterocycles. The molecule has 0 bridgehead atoms. The Morgan fingerprint density at radius 1 is 1.47 bits per heavy atom. The third kappa shape index (κ3) is 2.30. The molecule has 1 saturated heterocycles. The van der Waals surface area contributed by atoms with Crippen molar-refractivity contribution >= 4 is 22.0 Å². The fourth-order valence-electron chi connectivity index (χ4n) is 1.85. The molecular weight excluding hydrogens is 238 g/mol. The van der Waals surface area contributed by atoms with E-state index in [1.165, 1.54) is 11.3 Å². The zero-order valence-corrected chi connectivity index (χ0v) is 10.5. The van der Waals surface area contributed by atoms with E-state index < -0.39 is 0 Å². The Balaban J connectivity index is 2.33. The van der Waals surface area contributed by atoms with Crippen LogP contribution in [-0.2, 0) is 4.74 Å². The van der Waals surface area contributed by atoms with Crippen LogP contribution in [0.1, 0.15) is 11.3 Å². The topological polar surface area (TPSA) is 71.5 Å². The minimum atomic E-state index is 0.445. The van der Waals surface area contributed by atoms with Crippen LogP contribution < -0.4 is 15.4 Å². The standard InChI is InChI=1S/C11H15N3O2S/c1-15-10-9(13)8(7-12)17-11(10)14-3-2-5-16-6-4-14/h2-6,13H2,1H3. The van der Waals surface area contributed by atoms with Gasteiger partial charge in [0, 0.05) is 19.7 Å². The lowest BCUT2D eigenvalue weighted by molar-refractivity contribution is 0.152. The molecule has 1 aliphatic rings. The first-order valence-corrected chi connectivity index (χ1v) is 6.28. The summed E-state index contributed by atoms with van der Waals surface area (Å²) in [6.07, 6.45) is 0.975. The van der Waals surface area contributed by atoms with Crippen molar-refractivity contribution in [3.8, 4) is 11.8 Å². The summed E-state index contributed by atoms with van der Waals surface area (Å²) in [5, 5.41) is 9.92. The summed E-state index contributed by atoms with van der Waals surface area (Å²) in [5.41, 5.74) is 6.32. The SMILES string of the molecule is COc1c(N2CCCOCC2)sc(C#N)c1N. The Labute approximate surface area is 104 Å². The second-order valence-corrected chi connectivity index (χ2v) is 4.75. The lowest BCUT2D eigenvalue weighted by Gasteiger charge is -2.20. The van der Waals surface area contributed by atoms with E-state index in [4.69, 9.17) is 20.5 Å². The molecule has 0 amide bonds. The van der Waals surface area contributed by atoms with Crippen molar-refractivity contribution in [1.82, 2.24) is 0 Å². The van der Waals surface area contributed by atoms with Gasteiger partial charge >= 0.3 is 0 Å². The van der Waals surface area contributed by atoms with Crippen LogP contribution in [0.5, 0.6) is 5.75 Å². The summed E-state index contributed by atoms with van der Waals surface area (Å²) >= 11 is 1.39. The maximum Gasteiger partial charge on any atom is 0.177 e. The van der Waals surface area contributed by atoms with Gasteiger partial charge in [-0.05, 0) is 6.42 Å². The first-order chi connectivity index (χ1) is 8.27. The molecule has 0 radical (unpaired) electrons. The van der Waals surface area contributed by atoms with E-state index in [1.807, 2.05) is 0 Å². The van der Waals surface area contributed by atoms with Crippen LogP contribution in [0.2, 0.25) is 0 Å². The molecule has 1 fully saturated rings. The van der Waals surface area contributed by atoms with Gasteiger partial charge < -0.3 is 20.1 Å². The maximum absolute atomic E-state index is 8.99. The van der Waals surface area contributed by atoms with Gasteiger partial charge in [-0.15, -0.1) is 11.3 Å². The van der Waals surface area contributed by atoms with Gasteiger partial charge in [0.05, 0.1) is 13.7 Å². The smallest absolute Gasteiger partial charge is 0.177 e. The van der Waals surface area contributed by atoms with Gasteiger partial charge in [-0.3, -0.25) is 0 Å². The van der Waals surface area contributed by atoms with E-state index in [0.29, 0.717) is 22.9 Å². The number of methoxy groups -OCH3 is 1. The normalized spacial score (nSPS) is 16.4. The van der Waals surface area contributed by atoms with Crippen LogP contribution in [0.25, 0.3) is 0 Å². The fraction of sp³-hybridized carbons (Fsp3) is 0.545. The molecule has 0 unspecified atom stereocenters. The zero-order valence-electron chi connectivity index (χ0n) is 9.73. The van der Waals surface area contributed by atoms with Gasteiger partial charge in [-0.2, -0.15) is 5.26 Å². The number of anilines is 2. The predicted molar refractivity (Wildman–Crippen MR) is 67.6 cm³/mol. The van der Waals surface area contributed by atoms with Crippen molar-refractivity contribution in [1.29, 1.82) is 5.26 Å². The van der Waals surface area contributed by atoms with Gasteiger partial charge in [-0.1, -0.05) is 0 Å². The van der Waals surface area contributed by atoms with Crippen LogP contribution in [0.15, 0.2) is 0 Å². The van der Waals surface area contributed by atoms with Crippen LogP contribution in [0.3, 0.4) is 0 Å². The summed E-state index contributed by atoms with van der Waals surface area (Å²) < 4.78 is 10.7. The van der Waals surface area contributed by atoms with E-state index in [1.54, 1.807) is 7.11 Å². The molecule has 0 saturated carbocycles. The molecule has 1 aromatic rings. The van der Waals surface area contributed by atoms with Crippen molar-refractivity contribution in [2.45, 2.75) is 6.42 Å². The summed E-state index contributed by atoms with van der Waals surface area (Å²) in [6, 6.07) is 2.10. The van der Waals surface area contributed by atoms with Crippen molar-refractivity contribution in [2.24, 2.45) is 0 Å². The molecule has 1 aromatic heterocycles. The monoisotopic (exact) mass is 253 g/mol. The largest absolute Gasteiger partial charge is 0.492 e. The second-order valence-electron chi connectivity index (χ2n) is 3.75. The molecule has 6 heteroatoms. The summed E-state index contributed by atoms with van der Waals surface area (Å²) in [7, 11) is 1.58. The van der Waals surface area contributed by atoms with Crippen LogP contribution >= 0.6 is 11.3 Å². The summed E-state index contributed by atoms with van der Waals surface area (Å²) in [5.74, 6) is 0.619. The first kappa shape index (κ1) is 12.0. The highest BCUT2D eigenvalue weighted by Crippen LogP contribution is 2.44. The Morgan fingerprint density at radius 2 is 2.29 bits per heavy atom. The number of ether oxygens (including phenoxy) is 2. The minimum absolute atomic E-state index is 0.445. The summed E-state index contributed by atoms with van der Waals surface area (Å²) in [6.45, 7) is 3.19. The molecule has 0 atom stereocenters. The Kier molecular flexibility index (Phi) is 3.71. The van der Waals surface area contributed by atoms with Crippen LogP contribution in [0.4, 0.5) is 10.7 Å². The minimum Gasteiger partial charge on any atom is -0.492 e. The number of nitrogens with zero attached hydrogens (tertiary/aromatic N) is 2. The highest BCUT2D eigenvalue weighted by atomic mass is 32.1. The number of nitrogens with two attached hydrogens (primary N) is 1. The van der Waals surface area contributed by atoms with Crippen LogP contribution in [0, 0.1) is 11.3 Å². The van der Waals surface area contributed by atoms with Gasteiger partial charge in [0.25, 0.3) is 0 Å². The average Bonchev–Trinajstić information content (AvgIpc) is 2.55. The number of thiophene rings is 1. The van der Waals surface area contributed by atoms with Crippen molar-refractivity contribution in [2.75, 3.05) is 44.0 Å². The van der Waals surface area contributed by atoms with Crippen molar-refractivity contribution in [3.63, 3.8) is 0 Å². The molecule has 0 aliphatic carbocycles. The van der Waals surface area contributed by atoms with Crippen molar-refractivity contribution in [3.05, 3.63) is 4.88 Å². The molecule has 2 rings (SSSR count). The number of hydrogen-bond donors (Lipinski definition) is 1. The highest BCUT2D eigenvalue weighted by Gasteiger charge is 2.22. The van der Waals surface area contributed by atoms with Gasteiger partial charge in [-0.25, -0.2) is 0 Å². The number of rotatable bonds is 2. The molecule has 17 heavy (non-hydrogen) atoms. The van der Waals surface area contributed by atoms with Gasteiger partial charge in [0.2, 0.25) is 0 Å². The molecule has 5 nitrogen and oxygen atoms in total. The van der Waals surface area contributed by atoms with E-state index in [0.717, 1.165) is 31.1 Å². The Morgan fingerprint density at radius 3 is 3.00 bits per heavy atom. The van der Waals surface area contributed by atoms with E-state index >= 15 is 0 Å². The third-order valence-corrected chi connectivity index (χ3v) is 3.85. The molecular formula is C11H15N3O2S. The number of nitriles is 1. The molecule has 0 aromatic carbocycles. The second kappa shape index (κ2) is 5.25. The van der Waals surface area contributed by atoms with Gasteiger partial charge in [0.15, 0.2) is 5.75 Å². The first-order valence-electron chi connectivity index (χ1n) is 5.47. The van der Waals surface area contributed by atoms with Gasteiger partial charge in [0.1, 0.15) is 21.6 Å². The highest BCUT2D eigenvalue weighted by molar-refractivity contribution is 7.17. The Bertz CT molecular complexity index is 431. The van der Waals surface area contributed by atoms with E-state index in [2.05, 4.69) is 11.0 Å². The fourth-order valence-corrected chi connectivity index (χ4v) is 2.89. The Hall–Kier alpha value is -1.45.